The molecule has 17 heavy (non-hydrogen) atoms. The Morgan fingerprint density at radius 2 is 2.06 bits per heavy atom. The van der Waals surface area contributed by atoms with Crippen LogP contribution in [0.4, 0.5) is 5.69 Å². The summed E-state index contributed by atoms with van der Waals surface area (Å²) in [5.41, 5.74) is 5.97. The van der Waals surface area contributed by atoms with Gasteiger partial charge in [-0.05, 0) is 19.1 Å². The molecule has 0 saturated heterocycles. The highest BCUT2D eigenvalue weighted by molar-refractivity contribution is 8.01. The minimum atomic E-state index is -3.38. The number of anilines is 1. The van der Waals surface area contributed by atoms with Crippen molar-refractivity contribution in [2.45, 2.75) is 21.9 Å². The van der Waals surface area contributed by atoms with Crippen LogP contribution in [0.3, 0.4) is 0 Å². The van der Waals surface area contributed by atoms with Crippen LogP contribution in [-0.4, -0.2) is 26.7 Å². The molecule has 2 rings (SSSR count). The van der Waals surface area contributed by atoms with Crippen LogP contribution in [-0.2, 0) is 9.84 Å². The second kappa shape index (κ2) is 4.29. The second-order valence-corrected chi connectivity index (χ2v) is 8.12. The summed E-state index contributed by atoms with van der Waals surface area (Å²) in [5, 5.41) is 0. The molecule has 0 unspecified atom stereocenters. The molecule has 0 amide bonds. The fraction of sp³-hybridized carbons (Fsp3) is 0.500. The number of nitrogen functional groups attached to an aromatic ring is 1. The number of sulfone groups is 1. The minimum absolute atomic E-state index is 0.00213. The Morgan fingerprint density at radius 1 is 1.47 bits per heavy atom. The third kappa shape index (κ3) is 2.36. The Kier molecular flexibility index (Phi) is 3.26. The van der Waals surface area contributed by atoms with E-state index in [-0.39, 0.29) is 22.3 Å². The maximum absolute atomic E-state index is 12.0. The van der Waals surface area contributed by atoms with Gasteiger partial charge in [0.05, 0.1) is 14.8 Å². The van der Waals surface area contributed by atoms with Gasteiger partial charge in [-0.2, -0.15) is 0 Å². The number of hydrogen-bond acceptors (Lipinski definition) is 6. The van der Waals surface area contributed by atoms with Crippen molar-refractivity contribution in [3.63, 3.8) is 0 Å². The first kappa shape index (κ1) is 12.9. The third-order valence-corrected chi connectivity index (χ3v) is 6.36. The summed E-state index contributed by atoms with van der Waals surface area (Å²) in [7, 11) is -3.38. The number of ketones is 1. The van der Waals surface area contributed by atoms with Crippen LogP contribution >= 0.6 is 23.1 Å². The van der Waals surface area contributed by atoms with E-state index in [1.807, 2.05) is 0 Å². The molecular formula is C10H13NO3S3. The van der Waals surface area contributed by atoms with E-state index >= 15 is 0 Å². The van der Waals surface area contributed by atoms with Gasteiger partial charge in [-0.15, -0.1) is 23.1 Å². The molecule has 1 aromatic rings. The van der Waals surface area contributed by atoms with Crippen LogP contribution in [0.5, 0.6) is 0 Å². The van der Waals surface area contributed by atoms with Crippen molar-refractivity contribution in [1.29, 1.82) is 0 Å². The van der Waals surface area contributed by atoms with E-state index in [1.165, 1.54) is 23.1 Å². The molecule has 0 bridgehead atoms. The Morgan fingerprint density at radius 3 is 2.41 bits per heavy atom. The van der Waals surface area contributed by atoms with Gasteiger partial charge in [-0.1, -0.05) is 0 Å². The van der Waals surface area contributed by atoms with Crippen molar-refractivity contribution in [2.24, 2.45) is 5.92 Å². The van der Waals surface area contributed by atoms with E-state index < -0.39 is 9.84 Å². The van der Waals surface area contributed by atoms with Gasteiger partial charge in [0, 0.05) is 12.2 Å². The Labute approximate surface area is 109 Å². The number of rotatable bonds is 4. The maximum atomic E-state index is 12.0. The Balaban J connectivity index is 2.56. The van der Waals surface area contributed by atoms with Crippen LogP contribution in [0.1, 0.15) is 22.5 Å². The summed E-state index contributed by atoms with van der Waals surface area (Å²) in [6.45, 7) is 0. The molecular weight excluding hydrogens is 278 g/mol. The highest BCUT2D eigenvalue weighted by Crippen LogP contribution is 2.44. The molecule has 0 spiro atoms. The lowest BCUT2D eigenvalue weighted by Crippen LogP contribution is -2.05. The third-order valence-electron chi connectivity index (χ3n) is 2.60. The smallest absolute Gasteiger partial charge is 0.179 e. The van der Waals surface area contributed by atoms with Gasteiger partial charge >= 0.3 is 0 Å². The lowest BCUT2D eigenvalue weighted by atomic mass is 10.2. The zero-order valence-electron chi connectivity index (χ0n) is 9.52. The van der Waals surface area contributed by atoms with Crippen molar-refractivity contribution in [3.8, 4) is 0 Å². The summed E-state index contributed by atoms with van der Waals surface area (Å²) in [6.07, 6.45) is 4.68. The zero-order valence-corrected chi connectivity index (χ0v) is 12.0. The van der Waals surface area contributed by atoms with Gasteiger partial charge in [-0.3, -0.25) is 4.79 Å². The van der Waals surface area contributed by atoms with Gasteiger partial charge in [-0.25, -0.2) is 8.42 Å². The lowest BCUT2D eigenvalue weighted by Gasteiger charge is -2.00. The SMILES string of the molecule is CSc1sc(C(=O)C2CC2)c(N)c1S(C)(=O)=O. The largest absolute Gasteiger partial charge is 0.396 e. The Hall–Kier alpha value is -0.530. The fourth-order valence-corrected chi connectivity index (χ4v) is 5.50. The predicted octanol–water partition coefficient (Wildman–Crippen LogP) is 2.05. The van der Waals surface area contributed by atoms with Gasteiger partial charge in [0.2, 0.25) is 0 Å². The number of carbonyl (C=O) groups excluding carboxylic acids is 1. The number of thiophene rings is 1. The molecule has 0 aliphatic heterocycles. The number of carbonyl (C=O) groups is 1. The highest BCUT2D eigenvalue weighted by atomic mass is 32.2. The zero-order chi connectivity index (χ0) is 12.8. The van der Waals surface area contributed by atoms with Crippen molar-refractivity contribution in [2.75, 3.05) is 18.2 Å². The van der Waals surface area contributed by atoms with E-state index in [9.17, 15) is 13.2 Å². The van der Waals surface area contributed by atoms with Crippen molar-refractivity contribution in [3.05, 3.63) is 4.88 Å². The number of Topliss-reactive ketones (excluding diaryl/α,β-unsaturated/α-hetero) is 1. The quantitative estimate of drug-likeness (QED) is 0.678. The van der Waals surface area contributed by atoms with Crippen LogP contribution in [0.25, 0.3) is 0 Å². The summed E-state index contributed by atoms with van der Waals surface area (Å²) >= 11 is 2.51. The molecule has 1 aromatic heterocycles. The first-order valence-electron chi connectivity index (χ1n) is 5.06. The average Bonchev–Trinajstić information content (AvgIpc) is 2.99. The molecule has 0 atom stereocenters. The van der Waals surface area contributed by atoms with Crippen molar-refractivity contribution >= 4 is 44.4 Å². The van der Waals surface area contributed by atoms with Crippen LogP contribution in [0.15, 0.2) is 9.10 Å². The van der Waals surface area contributed by atoms with Gasteiger partial charge in [0.15, 0.2) is 15.6 Å². The lowest BCUT2D eigenvalue weighted by molar-refractivity contribution is 0.0972. The molecule has 1 aliphatic rings. The summed E-state index contributed by atoms with van der Waals surface area (Å²) in [5.74, 6) is 0.0516. The molecule has 0 radical (unpaired) electrons. The van der Waals surface area contributed by atoms with E-state index in [2.05, 4.69) is 0 Å². The van der Waals surface area contributed by atoms with Gasteiger partial charge in [0.25, 0.3) is 0 Å². The number of hydrogen-bond donors (Lipinski definition) is 1. The molecule has 1 heterocycles. The van der Waals surface area contributed by atoms with E-state index in [0.717, 1.165) is 19.1 Å². The molecule has 1 aliphatic carbocycles. The second-order valence-electron chi connectivity index (χ2n) is 4.08. The predicted molar refractivity (Wildman–Crippen MR) is 70.7 cm³/mol. The van der Waals surface area contributed by atoms with E-state index in [0.29, 0.717) is 9.09 Å². The molecule has 4 nitrogen and oxygen atoms in total. The molecule has 1 saturated carbocycles. The first-order valence-corrected chi connectivity index (χ1v) is 9.00. The molecule has 7 heteroatoms. The molecule has 1 fully saturated rings. The van der Waals surface area contributed by atoms with Gasteiger partial charge < -0.3 is 5.73 Å². The monoisotopic (exact) mass is 291 g/mol. The maximum Gasteiger partial charge on any atom is 0.179 e. The molecule has 0 aromatic carbocycles. The standard InChI is InChI=1S/C10H13NO3S3/c1-15-10-9(17(2,13)14)6(11)8(16-10)7(12)5-3-4-5/h5H,3-4,11H2,1-2H3. The van der Waals surface area contributed by atoms with Crippen LogP contribution in [0, 0.1) is 5.92 Å². The Bertz CT molecular complexity index is 570. The minimum Gasteiger partial charge on any atom is -0.396 e. The van der Waals surface area contributed by atoms with E-state index in [4.69, 9.17) is 5.73 Å². The molecule has 94 valence electrons. The van der Waals surface area contributed by atoms with Gasteiger partial charge in [0.1, 0.15) is 4.90 Å². The molecule has 2 N–H and O–H groups in total. The van der Waals surface area contributed by atoms with Crippen molar-refractivity contribution in [1.82, 2.24) is 0 Å². The van der Waals surface area contributed by atoms with Crippen LogP contribution < -0.4 is 5.73 Å². The summed E-state index contributed by atoms with van der Waals surface area (Å²) in [6, 6.07) is 0. The highest BCUT2D eigenvalue weighted by Gasteiger charge is 2.35. The number of thioether (sulfide) groups is 1. The summed E-state index contributed by atoms with van der Waals surface area (Å²) in [4.78, 5) is 12.5. The van der Waals surface area contributed by atoms with Crippen LogP contribution in [0.2, 0.25) is 0 Å². The normalized spacial score (nSPS) is 16.1. The van der Waals surface area contributed by atoms with Crippen molar-refractivity contribution < 1.29 is 13.2 Å². The van der Waals surface area contributed by atoms with E-state index in [1.54, 1.807) is 6.26 Å². The average molecular weight is 291 g/mol. The number of nitrogens with two attached hydrogens (primary N) is 1. The fourth-order valence-electron chi connectivity index (χ4n) is 1.61. The topological polar surface area (TPSA) is 77.2 Å². The first-order chi connectivity index (χ1) is 7.86. The summed E-state index contributed by atoms with van der Waals surface area (Å²) < 4.78 is 23.9.